The fraction of sp³-hybridized carbons (Fsp3) is 0.800. The molecule has 2 rings (SSSR count). The number of ether oxygens (including phenoxy) is 1. The smallest absolute Gasteiger partial charge is 0.122 e. The van der Waals surface area contributed by atoms with Crippen molar-refractivity contribution in [3.05, 3.63) is 15.6 Å². The molecule has 1 aromatic heterocycles. The van der Waals surface area contributed by atoms with Crippen molar-refractivity contribution in [1.82, 2.24) is 10.3 Å². The number of nitrogens with one attached hydrogen (secondary N) is 1. The van der Waals surface area contributed by atoms with Crippen molar-refractivity contribution >= 4 is 11.3 Å². The van der Waals surface area contributed by atoms with Gasteiger partial charge in [-0.25, -0.2) is 4.98 Å². The van der Waals surface area contributed by atoms with Gasteiger partial charge in [-0.2, -0.15) is 0 Å². The van der Waals surface area contributed by atoms with Crippen LogP contribution in [0.25, 0.3) is 0 Å². The number of nitrogens with zero attached hydrogens (tertiary/aromatic N) is 1. The molecule has 1 saturated carbocycles. The van der Waals surface area contributed by atoms with Gasteiger partial charge in [0.25, 0.3) is 0 Å². The zero-order valence-corrected chi connectivity index (χ0v) is 13.6. The van der Waals surface area contributed by atoms with Gasteiger partial charge in [-0.05, 0) is 46.0 Å². The van der Waals surface area contributed by atoms with Gasteiger partial charge < -0.3 is 10.1 Å². The van der Waals surface area contributed by atoms with Crippen LogP contribution in [-0.2, 0) is 17.7 Å². The van der Waals surface area contributed by atoms with Crippen LogP contribution in [0.4, 0.5) is 0 Å². The average Bonchev–Trinajstić information content (AvgIpc) is 3.07. The van der Waals surface area contributed by atoms with Crippen molar-refractivity contribution in [2.45, 2.75) is 65.1 Å². The Morgan fingerprint density at radius 1 is 1.42 bits per heavy atom. The number of rotatable bonds is 6. The fourth-order valence-electron chi connectivity index (χ4n) is 2.18. The lowest BCUT2D eigenvalue weighted by molar-refractivity contribution is 0.0842. The maximum absolute atomic E-state index is 5.65. The molecule has 0 saturated heterocycles. The van der Waals surface area contributed by atoms with E-state index in [1.165, 1.54) is 28.4 Å². The average molecular weight is 282 g/mol. The topological polar surface area (TPSA) is 34.1 Å². The lowest BCUT2D eigenvalue weighted by Crippen LogP contribution is -2.35. The van der Waals surface area contributed by atoms with Crippen molar-refractivity contribution in [2.24, 2.45) is 5.92 Å². The maximum atomic E-state index is 5.65. The van der Waals surface area contributed by atoms with Gasteiger partial charge in [0, 0.05) is 24.1 Å². The molecule has 1 unspecified atom stereocenters. The summed E-state index contributed by atoms with van der Waals surface area (Å²) in [5.74, 6) is 0.698. The molecule has 1 heterocycles. The van der Waals surface area contributed by atoms with Gasteiger partial charge in [0.05, 0.1) is 5.69 Å². The molecule has 1 N–H and O–H groups in total. The lowest BCUT2D eigenvalue weighted by Gasteiger charge is -2.20. The summed E-state index contributed by atoms with van der Waals surface area (Å²) in [6, 6.07) is 0. The molecule has 0 amide bonds. The Bertz CT molecular complexity index is 418. The minimum absolute atomic E-state index is 0.145. The van der Waals surface area contributed by atoms with E-state index in [1.54, 1.807) is 0 Å². The molecule has 0 spiro atoms. The van der Waals surface area contributed by atoms with Crippen LogP contribution in [-0.4, -0.2) is 17.6 Å². The first-order valence-electron chi connectivity index (χ1n) is 7.21. The summed E-state index contributed by atoms with van der Waals surface area (Å²) in [6.07, 6.45) is 3.79. The molecule has 0 radical (unpaired) electrons. The number of aromatic nitrogens is 1. The predicted octanol–water partition coefficient (Wildman–Crippen LogP) is 3.69. The number of hydrogen-bond donors (Lipinski definition) is 1. The van der Waals surface area contributed by atoms with Crippen LogP contribution in [0.15, 0.2) is 0 Å². The van der Waals surface area contributed by atoms with E-state index < -0.39 is 0 Å². The Kier molecular flexibility index (Phi) is 4.64. The molecule has 1 atom stereocenters. The van der Waals surface area contributed by atoms with E-state index in [9.17, 15) is 0 Å². The van der Waals surface area contributed by atoms with E-state index in [1.807, 2.05) is 18.4 Å². The summed E-state index contributed by atoms with van der Waals surface area (Å²) in [4.78, 5) is 6.19. The standard InChI is InChI=1S/C15H26N2OS/c1-6-11-12(9-16-15(2,3)4)19-14(17-11)13(18-5)10-7-8-10/h10,13,16H,6-9H2,1-5H3. The highest BCUT2D eigenvalue weighted by Gasteiger charge is 2.34. The predicted molar refractivity (Wildman–Crippen MR) is 80.6 cm³/mol. The number of methoxy groups -OCH3 is 1. The molecular weight excluding hydrogens is 256 g/mol. The summed E-state index contributed by atoms with van der Waals surface area (Å²) in [5.41, 5.74) is 1.38. The van der Waals surface area contributed by atoms with Crippen LogP contribution in [0.5, 0.6) is 0 Å². The molecule has 0 aromatic carbocycles. The van der Waals surface area contributed by atoms with Crippen LogP contribution in [0, 0.1) is 5.92 Å². The largest absolute Gasteiger partial charge is 0.374 e. The van der Waals surface area contributed by atoms with E-state index >= 15 is 0 Å². The molecule has 1 fully saturated rings. The van der Waals surface area contributed by atoms with E-state index in [2.05, 4.69) is 33.0 Å². The van der Waals surface area contributed by atoms with Crippen molar-refractivity contribution in [1.29, 1.82) is 0 Å². The Labute approximate surface area is 120 Å². The fourth-order valence-corrected chi connectivity index (χ4v) is 3.44. The summed E-state index contributed by atoms with van der Waals surface area (Å²) in [7, 11) is 1.81. The van der Waals surface area contributed by atoms with Gasteiger partial charge in [0.2, 0.25) is 0 Å². The van der Waals surface area contributed by atoms with Crippen molar-refractivity contribution in [3.63, 3.8) is 0 Å². The zero-order chi connectivity index (χ0) is 14.0. The third-order valence-corrected chi connectivity index (χ3v) is 4.62. The molecular formula is C15H26N2OS. The summed E-state index contributed by atoms with van der Waals surface area (Å²) >= 11 is 1.83. The van der Waals surface area contributed by atoms with Gasteiger partial charge >= 0.3 is 0 Å². The number of thiazole rings is 1. The third-order valence-electron chi connectivity index (χ3n) is 3.46. The Balaban J connectivity index is 2.12. The highest BCUT2D eigenvalue weighted by molar-refractivity contribution is 7.11. The lowest BCUT2D eigenvalue weighted by atomic mass is 10.1. The first-order valence-corrected chi connectivity index (χ1v) is 8.02. The highest BCUT2D eigenvalue weighted by Crippen LogP contribution is 2.44. The van der Waals surface area contributed by atoms with E-state index in [0.29, 0.717) is 5.92 Å². The van der Waals surface area contributed by atoms with Crippen molar-refractivity contribution in [2.75, 3.05) is 7.11 Å². The van der Waals surface area contributed by atoms with Crippen molar-refractivity contribution in [3.8, 4) is 0 Å². The number of aryl methyl sites for hydroxylation is 1. The summed E-state index contributed by atoms with van der Waals surface area (Å²) in [6.45, 7) is 9.68. The maximum Gasteiger partial charge on any atom is 0.122 e. The molecule has 19 heavy (non-hydrogen) atoms. The van der Waals surface area contributed by atoms with Crippen LogP contribution in [0.2, 0.25) is 0 Å². The molecule has 1 aliphatic carbocycles. The second kappa shape index (κ2) is 5.90. The van der Waals surface area contributed by atoms with Crippen molar-refractivity contribution < 1.29 is 4.74 Å². The second-order valence-electron chi connectivity index (χ2n) is 6.37. The van der Waals surface area contributed by atoms with Crippen LogP contribution in [0.1, 0.15) is 62.2 Å². The van der Waals surface area contributed by atoms with Crippen LogP contribution in [0.3, 0.4) is 0 Å². The SMILES string of the molecule is CCc1nc(C(OC)C2CC2)sc1CNC(C)(C)C. The molecule has 3 nitrogen and oxygen atoms in total. The molecule has 1 aromatic rings. The Morgan fingerprint density at radius 2 is 2.11 bits per heavy atom. The van der Waals surface area contributed by atoms with Gasteiger partial charge in [0.15, 0.2) is 0 Å². The van der Waals surface area contributed by atoms with Crippen LogP contribution < -0.4 is 5.32 Å². The molecule has 108 valence electrons. The Morgan fingerprint density at radius 3 is 2.58 bits per heavy atom. The van der Waals surface area contributed by atoms with E-state index in [4.69, 9.17) is 9.72 Å². The normalized spacial score (nSPS) is 17.7. The van der Waals surface area contributed by atoms with E-state index in [0.717, 1.165) is 13.0 Å². The molecule has 4 heteroatoms. The number of hydrogen-bond acceptors (Lipinski definition) is 4. The van der Waals surface area contributed by atoms with Gasteiger partial charge in [-0.15, -0.1) is 11.3 Å². The van der Waals surface area contributed by atoms with E-state index in [-0.39, 0.29) is 11.6 Å². The third kappa shape index (κ3) is 4.01. The Hall–Kier alpha value is -0.450. The first kappa shape index (κ1) is 14.9. The minimum atomic E-state index is 0.145. The summed E-state index contributed by atoms with van der Waals surface area (Å²) < 4.78 is 5.65. The summed E-state index contributed by atoms with van der Waals surface area (Å²) in [5, 5.41) is 4.73. The second-order valence-corrected chi connectivity index (χ2v) is 7.49. The quantitative estimate of drug-likeness (QED) is 0.864. The molecule has 0 bridgehead atoms. The zero-order valence-electron chi connectivity index (χ0n) is 12.7. The first-order chi connectivity index (χ1) is 8.94. The van der Waals surface area contributed by atoms with Crippen LogP contribution >= 0.6 is 11.3 Å². The van der Waals surface area contributed by atoms with Gasteiger partial charge in [0.1, 0.15) is 11.1 Å². The highest BCUT2D eigenvalue weighted by atomic mass is 32.1. The molecule has 1 aliphatic rings. The van der Waals surface area contributed by atoms with Gasteiger partial charge in [-0.3, -0.25) is 0 Å². The molecule has 0 aliphatic heterocycles. The van der Waals surface area contributed by atoms with Gasteiger partial charge in [-0.1, -0.05) is 6.92 Å². The minimum Gasteiger partial charge on any atom is -0.374 e. The monoisotopic (exact) mass is 282 g/mol.